The fourth-order valence-electron chi connectivity index (χ4n) is 1.83. The Morgan fingerprint density at radius 2 is 1.91 bits per heavy atom. The number of aromatic nitrogens is 2. The molecule has 0 fully saturated rings. The third-order valence-electron chi connectivity index (χ3n) is 3.10. The average Bonchev–Trinajstić information content (AvgIpc) is 2.56. The Morgan fingerprint density at radius 1 is 1.22 bits per heavy atom. The van der Waals surface area contributed by atoms with Crippen molar-refractivity contribution < 1.29 is 13.2 Å². The molecule has 0 saturated carbocycles. The van der Waals surface area contributed by atoms with Crippen LogP contribution in [0.5, 0.6) is 11.6 Å². The zero-order valence-corrected chi connectivity index (χ0v) is 14.7. The lowest BCUT2D eigenvalue weighted by Gasteiger charge is -2.08. The number of hydrogen-bond acceptors (Lipinski definition) is 7. The second-order valence-corrected chi connectivity index (χ2v) is 7.94. The summed E-state index contributed by atoms with van der Waals surface area (Å²) in [7, 11) is -3.04. The van der Waals surface area contributed by atoms with Gasteiger partial charge >= 0.3 is 0 Å². The van der Waals surface area contributed by atoms with Gasteiger partial charge in [-0.1, -0.05) is 30.8 Å². The normalized spacial score (nSPS) is 11.4. The van der Waals surface area contributed by atoms with Gasteiger partial charge in [0.05, 0.1) is 11.4 Å². The molecule has 1 aromatic carbocycles. The molecule has 0 aliphatic rings. The van der Waals surface area contributed by atoms with Crippen LogP contribution < -0.4 is 10.5 Å². The quantitative estimate of drug-likeness (QED) is 0.603. The van der Waals surface area contributed by atoms with Crippen LogP contribution in [0.1, 0.15) is 18.2 Å². The molecule has 2 aromatic rings. The Kier molecular flexibility index (Phi) is 5.97. The van der Waals surface area contributed by atoms with Gasteiger partial charge in [0.2, 0.25) is 5.88 Å². The lowest BCUT2D eigenvalue weighted by atomic mass is 10.2. The van der Waals surface area contributed by atoms with E-state index in [9.17, 15) is 8.42 Å². The molecule has 1 heterocycles. The van der Waals surface area contributed by atoms with Crippen LogP contribution in [-0.2, 0) is 22.1 Å². The van der Waals surface area contributed by atoms with Crippen molar-refractivity contribution in [2.24, 2.45) is 5.73 Å². The van der Waals surface area contributed by atoms with Gasteiger partial charge < -0.3 is 10.5 Å². The summed E-state index contributed by atoms with van der Waals surface area (Å²) in [5.41, 5.74) is 7.05. The highest BCUT2D eigenvalue weighted by atomic mass is 32.2. The van der Waals surface area contributed by atoms with E-state index >= 15 is 0 Å². The number of nitrogens with two attached hydrogens (primary N) is 1. The molecule has 0 radical (unpaired) electrons. The SMILES string of the molecule is CCS(=O)(=O)Cc1ccc(Oc2cc(CN)nc(SC)n2)cc1. The van der Waals surface area contributed by atoms with Crippen LogP contribution in [0, 0.1) is 0 Å². The van der Waals surface area contributed by atoms with E-state index < -0.39 is 9.84 Å². The monoisotopic (exact) mass is 353 g/mol. The van der Waals surface area contributed by atoms with E-state index in [2.05, 4.69) is 9.97 Å². The minimum Gasteiger partial charge on any atom is -0.439 e. The summed E-state index contributed by atoms with van der Waals surface area (Å²) in [6.45, 7) is 1.94. The highest BCUT2D eigenvalue weighted by Crippen LogP contribution is 2.23. The molecule has 2 rings (SSSR count). The number of thioether (sulfide) groups is 1. The van der Waals surface area contributed by atoms with E-state index in [1.165, 1.54) is 11.8 Å². The molecular formula is C15H19N3O3S2. The van der Waals surface area contributed by atoms with Gasteiger partial charge in [0.1, 0.15) is 5.75 Å². The fourth-order valence-corrected chi connectivity index (χ4v) is 3.12. The van der Waals surface area contributed by atoms with E-state index in [0.29, 0.717) is 29.0 Å². The second-order valence-electron chi connectivity index (χ2n) is 4.81. The number of hydrogen-bond donors (Lipinski definition) is 1. The van der Waals surface area contributed by atoms with Gasteiger partial charge in [0.25, 0.3) is 0 Å². The predicted octanol–water partition coefficient (Wildman–Crippen LogP) is 2.38. The van der Waals surface area contributed by atoms with Crippen molar-refractivity contribution >= 4 is 21.6 Å². The Labute approximate surface area is 140 Å². The van der Waals surface area contributed by atoms with Crippen molar-refractivity contribution in [3.8, 4) is 11.6 Å². The maximum absolute atomic E-state index is 11.6. The molecule has 6 nitrogen and oxygen atoms in total. The topological polar surface area (TPSA) is 95.2 Å². The van der Waals surface area contributed by atoms with Crippen LogP contribution in [0.3, 0.4) is 0 Å². The molecule has 0 unspecified atom stereocenters. The summed E-state index contributed by atoms with van der Waals surface area (Å²) in [6.07, 6.45) is 1.88. The highest BCUT2D eigenvalue weighted by Gasteiger charge is 2.10. The molecule has 124 valence electrons. The number of nitrogens with zero attached hydrogens (tertiary/aromatic N) is 2. The molecule has 8 heteroatoms. The van der Waals surface area contributed by atoms with Gasteiger partial charge in [0.15, 0.2) is 15.0 Å². The molecule has 0 spiro atoms. The summed E-state index contributed by atoms with van der Waals surface area (Å²) in [4.78, 5) is 8.52. The van der Waals surface area contributed by atoms with Gasteiger partial charge in [-0.2, -0.15) is 4.98 Å². The Hall–Kier alpha value is -1.64. The van der Waals surface area contributed by atoms with Crippen molar-refractivity contribution in [3.05, 3.63) is 41.6 Å². The Morgan fingerprint density at radius 3 is 2.48 bits per heavy atom. The van der Waals surface area contributed by atoms with Gasteiger partial charge in [-0.15, -0.1) is 0 Å². The summed E-state index contributed by atoms with van der Waals surface area (Å²) in [5.74, 6) is 1.16. The molecule has 0 bridgehead atoms. The molecule has 1 aromatic heterocycles. The van der Waals surface area contributed by atoms with Crippen LogP contribution in [0.2, 0.25) is 0 Å². The lowest BCUT2D eigenvalue weighted by Crippen LogP contribution is -2.06. The van der Waals surface area contributed by atoms with Crippen LogP contribution in [0.4, 0.5) is 0 Å². The van der Waals surface area contributed by atoms with Crippen molar-refractivity contribution in [2.45, 2.75) is 24.4 Å². The number of rotatable bonds is 7. The van der Waals surface area contributed by atoms with E-state index in [1.54, 1.807) is 37.3 Å². The minimum absolute atomic E-state index is 0.0330. The molecule has 0 atom stereocenters. The molecular weight excluding hydrogens is 334 g/mol. The first-order valence-electron chi connectivity index (χ1n) is 7.05. The Balaban J connectivity index is 2.15. The third kappa shape index (κ3) is 5.19. The number of ether oxygens (including phenoxy) is 1. The summed E-state index contributed by atoms with van der Waals surface area (Å²) < 4.78 is 29.0. The largest absolute Gasteiger partial charge is 0.439 e. The molecule has 0 saturated heterocycles. The van der Waals surface area contributed by atoms with E-state index in [1.807, 2.05) is 6.26 Å². The van der Waals surface area contributed by atoms with Gasteiger partial charge in [-0.3, -0.25) is 0 Å². The standard InChI is InChI=1S/C15H19N3O3S2/c1-3-23(19,20)10-11-4-6-13(7-5-11)21-14-8-12(9-16)17-15(18-14)22-2/h4-8H,3,9-10,16H2,1-2H3. The maximum Gasteiger partial charge on any atom is 0.223 e. The molecule has 23 heavy (non-hydrogen) atoms. The fraction of sp³-hybridized carbons (Fsp3) is 0.333. The number of sulfone groups is 1. The van der Waals surface area contributed by atoms with Gasteiger partial charge in [0, 0.05) is 18.4 Å². The average molecular weight is 353 g/mol. The van der Waals surface area contributed by atoms with Crippen molar-refractivity contribution in [1.82, 2.24) is 9.97 Å². The smallest absolute Gasteiger partial charge is 0.223 e. The molecule has 0 aliphatic heterocycles. The maximum atomic E-state index is 11.6. The zero-order chi connectivity index (χ0) is 16.9. The molecule has 0 aliphatic carbocycles. The van der Waals surface area contributed by atoms with Crippen LogP contribution in [-0.4, -0.2) is 30.4 Å². The van der Waals surface area contributed by atoms with Gasteiger partial charge in [-0.05, 0) is 24.0 Å². The van der Waals surface area contributed by atoms with E-state index in [-0.39, 0.29) is 11.5 Å². The molecule has 0 amide bonds. The number of benzene rings is 1. The summed E-state index contributed by atoms with van der Waals surface area (Å²) in [5, 5.41) is 0.591. The van der Waals surface area contributed by atoms with E-state index in [4.69, 9.17) is 10.5 Å². The van der Waals surface area contributed by atoms with Crippen LogP contribution in [0.25, 0.3) is 0 Å². The second kappa shape index (κ2) is 7.76. The first kappa shape index (κ1) is 17.7. The predicted molar refractivity (Wildman–Crippen MR) is 91.4 cm³/mol. The van der Waals surface area contributed by atoms with E-state index in [0.717, 1.165) is 5.56 Å². The first-order chi connectivity index (χ1) is 11.0. The lowest BCUT2D eigenvalue weighted by molar-refractivity contribution is 0.453. The Bertz CT molecular complexity index is 740. The van der Waals surface area contributed by atoms with Crippen molar-refractivity contribution in [2.75, 3.05) is 12.0 Å². The van der Waals surface area contributed by atoms with Crippen molar-refractivity contribution in [1.29, 1.82) is 0 Å². The summed E-state index contributed by atoms with van der Waals surface area (Å²) in [6, 6.07) is 8.62. The van der Waals surface area contributed by atoms with Gasteiger partial charge in [-0.25, -0.2) is 13.4 Å². The van der Waals surface area contributed by atoms with Crippen molar-refractivity contribution in [3.63, 3.8) is 0 Å². The van der Waals surface area contributed by atoms with Crippen LogP contribution >= 0.6 is 11.8 Å². The minimum atomic E-state index is -3.04. The first-order valence-corrected chi connectivity index (χ1v) is 10.1. The third-order valence-corrected chi connectivity index (χ3v) is 5.30. The zero-order valence-electron chi connectivity index (χ0n) is 13.0. The van der Waals surface area contributed by atoms with Crippen LogP contribution in [0.15, 0.2) is 35.5 Å². The summed E-state index contributed by atoms with van der Waals surface area (Å²) >= 11 is 1.41. The molecule has 2 N–H and O–H groups in total. The highest BCUT2D eigenvalue weighted by molar-refractivity contribution is 7.98.